The van der Waals surface area contributed by atoms with Crippen molar-refractivity contribution in [3.8, 4) is 5.75 Å². The van der Waals surface area contributed by atoms with Crippen LogP contribution in [0, 0.1) is 6.92 Å². The summed E-state index contributed by atoms with van der Waals surface area (Å²) in [4.78, 5) is 16.6. The van der Waals surface area contributed by atoms with Gasteiger partial charge in [0.05, 0.1) is 0 Å². The summed E-state index contributed by atoms with van der Waals surface area (Å²) < 4.78 is 12.2. The lowest BCUT2D eigenvalue weighted by molar-refractivity contribution is -0.129. The van der Waals surface area contributed by atoms with Gasteiger partial charge in [0.25, 0.3) is 0 Å². The molecule has 0 bridgehead atoms. The van der Waals surface area contributed by atoms with Gasteiger partial charge < -0.3 is 9.47 Å². The van der Waals surface area contributed by atoms with Crippen LogP contribution in [0.3, 0.4) is 0 Å². The molecule has 0 fully saturated rings. The SMILES string of the molecule is Cc1ccccc1C1=N/C(=C\c2ccc(OCc3ccc(Br)cc3)cc2)C(=O)O1. The molecule has 0 atom stereocenters. The zero-order valence-electron chi connectivity index (χ0n) is 15.8. The van der Waals surface area contributed by atoms with Crippen molar-refractivity contribution >= 4 is 33.9 Å². The average Bonchev–Trinajstić information content (AvgIpc) is 3.09. The molecule has 0 saturated carbocycles. The van der Waals surface area contributed by atoms with Crippen molar-refractivity contribution in [1.29, 1.82) is 0 Å². The highest BCUT2D eigenvalue weighted by Gasteiger charge is 2.24. The first-order valence-corrected chi connectivity index (χ1v) is 9.94. The van der Waals surface area contributed by atoms with E-state index in [2.05, 4.69) is 20.9 Å². The first-order chi connectivity index (χ1) is 14.1. The lowest BCUT2D eigenvalue weighted by Crippen LogP contribution is -2.06. The number of halogens is 1. The topological polar surface area (TPSA) is 47.9 Å². The summed E-state index contributed by atoms with van der Waals surface area (Å²) in [5.74, 6) is 0.654. The average molecular weight is 448 g/mol. The van der Waals surface area contributed by atoms with E-state index in [4.69, 9.17) is 9.47 Å². The highest BCUT2D eigenvalue weighted by molar-refractivity contribution is 9.10. The fourth-order valence-electron chi connectivity index (χ4n) is 2.90. The third kappa shape index (κ3) is 4.63. The molecule has 29 heavy (non-hydrogen) atoms. The zero-order valence-corrected chi connectivity index (χ0v) is 17.3. The molecule has 0 spiro atoms. The fourth-order valence-corrected chi connectivity index (χ4v) is 3.17. The summed E-state index contributed by atoms with van der Waals surface area (Å²) in [5, 5.41) is 0. The highest BCUT2D eigenvalue weighted by atomic mass is 79.9. The molecule has 4 rings (SSSR count). The number of hydrogen-bond acceptors (Lipinski definition) is 4. The maximum absolute atomic E-state index is 12.2. The quantitative estimate of drug-likeness (QED) is 0.373. The Morgan fingerprint density at radius 1 is 1.00 bits per heavy atom. The molecule has 0 unspecified atom stereocenters. The van der Waals surface area contributed by atoms with Gasteiger partial charge in [-0.3, -0.25) is 0 Å². The van der Waals surface area contributed by atoms with Gasteiger partial charge in [-0.15, -0.1) is 0 Å². The van der Waals surface area contributed by atoms with Crippen LogP contribution in [0.1, 0.15) is 22.3 Å². The van der Waals surface area contributed by atoms with Crippen molar-refractivity contribution < 1.29 is 14.3 Å². The summed E-state index contributed by atoms with van der Waals surface area (Å²) in [6.45, 7) is 2.45. The molecule has 144 valence electrons. The highest BCUT2D eigenvalue weighted by Crippen LogP contribution is 2.22. The minimum Gasteiger partial charge on any atom is -0.489 e. The van der Waals surface area contributed by atoms with Crippen molar-refractivity contribution in [2.24, 2.45) is 4.99 Å². The van der Waals surface area contributed by atoms with Crippen LogP contribution in [-0.2, 0) is 16.1 Å². The van der Waals surface area contributed by atoms with E-state index < -0.39 is 5.97 Å². The number of aliphatic imine (C=N–C) groups is 1. The maximum atomic E-state index is 12.2. The molecule has 0 amide bonds. The number of ether oxygens (including phenoxy) is 2. The number of carbonyl (C=O) groups excluding carboxylic acids is 1. The Hall–Kier alpha value is -3.18. The Morgan fingerprint density at radius 3 is 2.45 bits per heavy atom. The van der Waals surface area contributed by atoms with E-state index in [1.54, 1.807) is 6.08 Å². The maximum Gasteiger partial charge on any atom is 0.363 e. The van der Waals surface area contributed by atoms with Gasteiger partial charge in [0.1, 0.15) is 12.4 Å². The van der Waals surface area contributed by atoms with Crippen molar-refractivity contribution in [3.63, 3.8) is 0 Å². The Labute approximate surface area is 177 Å². The van der Waals surface area contributed by atoms with Gasteiger partial charge in [0, 0.05) is 10.0 Å². The number of esters is 1. The van der Waals surface area contributed by atoms with Gasteiger partial charge in [0.15, 0.2) is 5.70 Å². The standard InChI is InChI=1S/C24H18BrNO3/c1-16-4-2-3-5-21(16)23-26-22(24(27)29-23)14-17-8-12-20(13-9-17)28-15-18-6-10-19(25)11-7-18/h2-14H,15H2,1H3/b22-14-. The summed E-state index contributed by atoms with van der Waals surface area (Å²) in [5.41, 5.74) is 4.05. The van der Waals surface area contributed by atoms with Gasteiger partial charge in [-0.25, -0.2) is 9.79 Å². The molecule has 3 aromatic rings. The molecule has 1 aliphatic rings. The molecule has 0 aliphatic carbocycles. The molecule has 0 N–H and O–H groups in total. The van der Waals surface area contributed by atoms with E-state index in [1.165, 1.54) is 0 Å². The van der Waals surface area contributed by atoms with Crippen molar-refractivity contribution in [3.05, 3.63) is 105 Å². The molecule has 5 heteroatoms. The number of carbonyl (C=O) groups is 1. The predicted molar refractivity (Wildman–Crippen MR) is 117 cm³/mol. The Bertz CT molecular complexity index is 1100. The van der Waals surface area contributed by atoms with Crippen LogP contribution in [0.25, 0.3) is 6.08 Å². The second-order valence-corrected chi connectivity index (χ2v) is 7.55. The second kappa shape index (κ2) is 8.45. The first kappa shape index (κ1) is 19.2. The van der Waals surface area contributed by atoms with Crippen LogP contribution in [0.5, 0.6) is 5.75 Å². The molecular formula is C24H18BrNO3. The van der Waals surface area contributed by atoms with E-state index in [9.17, 15) is 4.79 Å². The number of hydrogen-bond donors (Lipinski definition) is 0. The monoisotopic (exact) mass is 447 g/mol. The Kier molecular flexibility index (Phi) is 5.58. The largest absolute Gasteiger partial charge is 0.489 e. The minimum atomic E-state index is -0.446. The van der Waals surface area contributed by atoms with E-state index in [1.807, 2.05) is 79.7 Å². The fraction of sp³-hybridized carbons (Fsp3) is 0.0833. The van der Waals surface area contributed by atoms with Crippen molar-refractivity contribution in [2.45, 2.75) is 13.5 Å². The van der Waals surface area contributed by atoms with E-state index in [0.717, 1.165) is 32.5 Å². The third-order valence-electron chi connectivity index (χ3n) is 4.50. The molecule has 0 saturated heterocycles. The van der Waals surface area contributed by atoms with Crippen molar-refractivity contribution in [2.75, 3.05) is 0 Å². The molecule has 4 nitrogen and oxygen atoms in total. The molecule has 0 aromatic heterocycles. The summed E-state index contributed by atoms with van der Waals surface area (Å²) >= 11 is 3.42. The van der Waals surface area contributed by atoms with Crippen LogP contribution in [0.4, 0.5) is 0 Å². The molecule has 1 heterocycles. The van der Waals surface area contributed by atoms with Crippen LogP contribution in [0.15, 0.2) is 88.0 Å². The van der Waals surface area contributed by atoms with E-state index >= 15 is 0 Å². The lowest BCUT2D eigenvalue weighted by Gasteiger charge is -2.06. The number of benzene rings is 3. The van der Waals surface area contributed by atoms with Crippen LogP contribution >= 0.6 is 15.9 Å². The molecular weight excluding hydrogens is 430 g/mol. The van der Waals surface area contributed by atoms with Gasteiger partial charge in [-0.1, -0.05) is 58.4 Å². The molecule has 3 aromatic carbocycles. The zero-order chi connectivity index (χ0) is 20.2. The number of rotatable bonds is 5. The van der Waals surface area contributed by atoms with Gasteiger partial charge >= 0.3 is 5.97 Å². The number of nitrogens with zero attached hydrogens (tertiary/aromatic N) is 1. The van der Waals surface area contributed by atoms with Gasteiger partial charge in [-0.05, 0) is 60.0 Å². The predicted octanol–water partition coefficient (Wildman–Crippen LogP) is 5.68. The third-order valence-corrected chi connectivity index (χ3v) is 5.03. The van der Waals surface area contributed by atoms with Gasteiger partial charge in [0.2, 0.25) is 5.90 Å². The van der Waals surface area contributed by atoms with Crippen LogP contribution in [0.2, 0.25) is 0 Å². The number of cyclic esters (lactones) is 1. The lowest BCUT2D eigenvalue weighted by atomic mass is 10.1. The smallest absolute Gasteiger partial charge is 0.363 e. The first-order valence-electron chi connectivity index (χ1n) is 9.14. The number of aryl methyl sites for hydroxylation is 1. The summed E-state index contributed by atoms with van der Waals surface area (Å²) in [6, 6.07) is 23.2. The summed E-state index contributed by atoms with van der Waals surface area (Å²) in [6.07, 6.45) is 1.71. The molecule has 0 radical (unpaired) electrons. The van der Waals surface area contributed by atoms with Gasteiger partial charge in [-0.2, -0.15) is 0 Å². The minimum absolute atomic E-state index is 0.284. The van der Waals surface area contributed by atoms with Crippen molar-refractivity contribution in [1.82, 2.24) is 0 Å². The van der Waals surface area contributed by atoms with E-state index in [0.29, 0.717) is 12.5 Å². The van der Waals surface area contributed by atoms with Crippen LogP contribution in [-0.4, -0.2) is 11.9 Å². The van der Waals surface area contributed by atoms with Crippen LogP contribution < -0.4 is 4.74 Å². The normalized spacial score (nSPS) is 14.6. The Balaban J connectivity index is 1.46. The summed E-state index contributed by atoms with van der Waals surface area (Å²) in [7, 11) is 0. The second-order valence-electron chi connectivity index (χ2n) is 6.64. The Morgan fingerprint density at radius 2 is 1.72 bits per heavy atom. The molecule has 1 aliphatic heterocycles. The van der Waals surface area contributed by atoms with E-state index in [-0.39, 0.29) is 5.70 Å².